The Morgan fingerprint density at radius 1 is 1.33 bits per heavy atom. The van der Waals surface area contributed by atoms with E-state index in [-0.39, 0.29) is 5.97 Å². The van der Waals surface area contributed by atoms with Gasteiger partial charge in [0.2, 0.25) is 0 Å². The molecule has 0 N–H and O–H groups in total. The standard InChI is InChI=1S/C16H20O2/c1-4-15(13(3)16(17)18-5-2)12-11-14-9-7-6-8-10-14/h4,6-10H,3,5,11-12H2,1-2H3/b15-4+. The number of rotatable bonds is 6. The number of benzene rings is 1. The van der Waals surface area contributed by atoms with Crippen LogP contribution in [0.2, 0.25) is 0 Å². The third kappa shape index (κ3) is 4.21. The average molecular weight is 244 g/mol. The Labute approximate surface area is 109 Å². The summed E-state index contributed by atoms with van der Waals surface area (Å²) in [6, 6.07) is 10.2. The van der Waals surface area contributed by atoms with E-state index in [1.54, 1.807) is 6.92 Å². The molecule has 0 spiro atoms. The third-order valence-corrected chi connectivity index (χ3v) is 2.78. The summed E-state index contributed by atoms with van der Waals surface area (Å²) in [5, 5.41) is 0. The smallest absolute Gasteiger partial charge is 0.337 e. The van der Waals surface area contributed by atoms with Crippen LogP contribution in [0.4, 0.5) is 0 Å². The van der Waals surface area contributed by atoms with Crippen LogP contribution in [0.5, 0.6) is 0 Å². The van der Waals surface area contributed by atoms with Crippen LogP contribution >= 0.6 is 0 Å². The lowest BCUT2D eigenvalue weighted by Crippen LogP contribution is -2.09. The number of hydrogen-bond acceptors (Lipinski definition) is 2. The molecule has 0 heterocycles. The Balaban J connectivity index is 2.58. The molecule has 96 valence electrons. The molecule has 0 aromatic heterocycles. The first-order valence-corrected chi connectivity index (χ1v) is 6.24. The van der Waals surface area contributed by atoms with Gasteiger partial charge in [0, 0.05) is 0 Å². The normalized spacial score (nSPS) is 11.1. The summed E-state index contributed by atoms with van der Waals surface area (Å²) >= 11 is 0. The fourth-order valence-electron chi connectivity index (χ4n) is 1.74. The molecule has 0 saturated heterocycles. The molecule has 2 nitrogen and oxygen atoms in total. The minimum Gasteiger partial charge on any atom is -0.462 e. The summed E-state index contributed by atoms with van der Waals surface area (Å²) in [6.07, 6.45) is 3.64. The van der Waals surface area contributed by atoms with Crippen LogP contribution in [0.25, 0.3) is 0 Å². The maximum atomic E-state index is 11.6. The van der Waals surface area contributed by atoms with E-state index in [2.05, 4.69) is 18.7 Å². The molecule has 0 unspecified atom stereocenters. The van der Waals surface area contributed by atoms with Crippen molar-refractivity contribution in [3.63, 3.8) is 0 Å². The van der Waals surface area contributed by atoms with Gasteiger partial charge in [0.05, 0.1) is 12.2 Å². The van der Waals surface area contributed by atoms with E-state index in [4.69, 9.17) is 4.74 Å². The van der Waals surface area contributed by atoms with Crippen LogP contribution in [0.1, 0.15) is 25.8 Å². The highest BCUT2D eigenvalue weighted by Gasteiger charge is 2.12. The van der Waals surface area contributed by atoms with Crippen LogP contribution in [0.15, 0.2) is 54.1 Å². The van der Waals surface area contributed by atoms with Crippen LogP contribution < -0.4 is 0 Å². The first-order chi connectivity index (χ1) is 8.69. The molecule has 0 saturated carbocycles. The van der Waals surface area contributed by atoms with Gasteiger partial charge in [-0.05, 0) is 37.8 Å². The number of allylic oxidation sites excluding steroid dienone is 1. The quantitative estimate of drug-likeness (QED) is 0.433. The molecule has 0 radical (unpaired) electrons. The van der Waals surface area contributed by atoms with Gasteiger partial charge in [-0.25, -0.2) is 4.79 Å². The Kier molecular flexibility index (Phi) is 5.92. The Morgan fingerprint density at radius 2 is 2.00 bits per heavy atom. The van der Waals surface area contributed by atoms with E-state index in [0.717, 1.165) is 18.4 Å². The van der Waals surface area contributed by atoms with E-state index in [1.807, 2.05) is 31.2 Å². The van der Waals surface area contributed by atoms with Crippen molar-refractivity contribution in [3.8, 4) is 0 Å². The van der Waals surface area contributed by atoms with E-state index in [9.17, 15) is 4.79 Å². The first-order valence-electron chi connectivity index (χ1n) is 6.24. The zero-order valence-corrected chi connectivity index (χ0v) is 11.1. The number of ether oxygens (including phenoxy) is 1. The Morgan fingerprint density at radius 3 is 2.56 bits per heavy atom. The zero-order chi connectivity index (χ0) is 13.4. The molecule has 0 aliphatic heterocycles. The monoisotopic (exact) mass is 244 g/mol. The second-order valence-corrected chi connectivity index (χ2v) is 4.00. The molecule has 1 aromatic carbocycles. The van der Waals surface area contributed by atoms with Crippen molar-refractivity contribution in [1.29, 1.82) is 0 Å². The number of hydrogen-bond donors (Lipinski definition) is 0. The van der Waals surface area contributed by atoms with E-state index < -0.39 is 0 Å². The predicted molar refractivity (Wildman–Crippen MR) is 74.3 cm³/mol. The lowest BCUT2D eigenvalue weighted by molar-refractivity contribution is -0.138. The second kappa shape index (κ2) is 7.49. The van der Waals surface area contributed by atoms with Crippen molar-refractivity contribution in [2.45, 2.75) is 26.7 Å². The predicted octanol–water partition coefficient (Wildman–Crippen LogP) is 3.68. The topological polar surface area (TPSA) is 26.3 Å². The van der Waals surface area contributed by atoms with Gasteiger partial charge in [-0.1, -0.05) is 43.0 Å². The summed E-state index contributed by atoms with van der Waals surface area (Å²) in [7, 11) is 0. The molecule has 0 bridgehead atoms. The summed E-state index contributed by atoms with van der Waals surface area (Å²) in [5.41, 5.74) is 2.68. The lowest BCUT2D eigenvalue weighted by Gasteiger charge is -2.09. The van der Waals surface area contributed by atoms with Gasteiger partial charge in [-0.3, -0.25) is 0 Å². The average Bonchev–Trinajstić information content (AvgIpc) is 2.40. The largest absolute Gasteiger partial charge is 0.462 e. The van der Waals surface area contributed by atoms with Gasteiger partial charge in [-0.2, -0.15) is 0 Å². The molecular weight excluding hydrogens is 224 g/mol. The van der Waals surface area contributed by atoms with Gasteiger partial charge in [0.1, 0.15) is 0 Å². The molecular formula is C16H20O2. The fraction of sp³-hybridized carbons (Fsp3) is 0.312. The van der Waals surface area contributed by atoms with Gasteiger partial charge in [-0.15, -0.1) is 0 Å². The maximum absolute atomic E-state index is 11.6. The van der Waals surface area contributed by atoms with E-state index in [0.29, 0.717) is 12.2 Å². The van der Waals surface area contributed by atoms with Crippen LogP contribution in [0, 0.1) is 0 Å². The van der Waals surface area contributed by atoms with Crippen molar-refractivity contribution in [1.82, 2.24) is 0 Å². The third-order valence-electron chi connectivity index (χ3n) is 2.78. The van der Waals surface area contributed by atoms with Gasteiger partial charge >= 0.3 is 5.97 Å². The van der Waals surface area contributed by atoms with Crippen molar-refractivity contribution in [2.75, 3.05) is 6.61 Å². The number of carbonyl (C=O) groups excluding carboxylic acids is 1. The van der Waals surface area contributed by atoms with Gasteiger partial charge in [0.25, 0.3) is 0 Å². The SMILES string of the molecule is C=C(C(=O)OCC)/C(=C/C)CCc1ccccc1. The minimum absolute atomic E-state index is 0.321. The first kappa shape index (κ1) is 14.2. The Hall–Kier alpha value is -1.83. The highest BCUT2D eigenvalue weighted by Crippen LogP contribution is 2.17. The van der Waals surface area contributed by atoms with Crippen LogP contribution in [0.3, 0.4) is 0 Å². The Bertz CT molecular complexity index is 430. The lowest BCUT2D eigenvalue weighted by atomic mass is 9.99. The summed E-state index contributed by atoms with van der Waals surface area (Å²) < 4.78 is 4.96. The van der Waals surface area contributed by atoms with Crippen LogP contribution in [-0.2, 0) is 16.0 Å². The second-order valence-electron chi connectivity index (χ2n) is 4.00. The highest BCUT2D eigenvalue weighted by atomic mass is 16.5. The molecule has 2 heteroatoms. The molecule has 0 amide bonds. The molecule has 0 atom stereocenters. The number of esters is 1. The van der Waals surface area contributed by atoms with Crippen molar-refractivity contribution in [3.05, 3.63) is 59.7 Å². The summed E-state index contributed by atoms with van der Waals surface area (Å²) in [6.45, 7) is 7.91. The zero-order valence-electron chi connectivity index (χ0n) is 11.1. The van der Waals surface area contributed by atoms with E-state index in [1.165, 1.54) is 5.56 Å². The molecule has 0 aliphatic carbocycles. The highest BCUT2D eigenvalue weighted by molar-refractivity contribution is 5.92. The van der Waals surface area contributed by atoms with Crippen molar-refractivity contribution < 1.29 is 9.53 Å². The molecule has 1 aromatic rings. The summed E-state index contributed by atoms with van der Waals surface area (Å²) in [4.78, 5) is 11.6. The van der Waals surface area contributed by atoms with Crippen LogP contribution in [-0.4, -0.2) is 12.6 Å². The van der Waals surface area contributed by atoms with Gasteiger partial charge < -0.3 is 4.74 Å². The molecule has 0 aliphatic rings. The van der Waals surface area contributed by atoms with Crippen molar-refractivity contribution >= 4 is 5.97 Å². The number of aryl methyl sites for hydroxylation is 1. The summed E-state index contributed by atoms with van der Waals surface area (Å²) in [5.74, 6) is -0.321. The number of carbonyl (C=O) groups is 1. The van der Waals surface area contributed by atoms with Gasteiger partial charge in [0.15, 0.2) is 0 Å². The molecule has 18 heavy (non-hydrogen) atoms. The minimum atomic E-state index is -0.321. The van der Waals surface area contributed by atoms with E-state index >= 15 is 0 Å². The fourth-order valence-corrected chi connectivity index (χ4v) is 1.74. The molecule has 0 fully saturated rings. The maximum Gasteiger partial charge on any atom is 0.337 e. The molecule has 1 rings (SSSR count). The van der Waals surface area contributed by atoms with Crippen molar-refractivity contribution in [2.24, 2.45) is 0 Å².